The fourth-order valence-electron chi connectivity index (χ4n) is 2.13. The third-order valence-corrected chi connectivity index (χ3v) is 3.12. The molecule has 1 aliphatic heterocycles. The molecule has 2 N–H and O–H groups in total. The average Bonchev–Trinajstić information content (AvgIpc) is 2.92. The van der Waals surface area contributed by atoms with Gasteiger partial charge in [-0.05, 0) is 38.1 Å². The summed E-state index contributed by atoms with van der Waals surface area (Å²) in [5.74, 6) is 1.16. The van der Waals surface area contributed by atoms with Crippen LogP contribution in [0.3, 0.4) is 0 Å². The molecule has 5 nitrogen and oxygen atoms in total. The Kier molecular flexibility index (Phi) is 6.61. The molecule has 0 spiro atoms. The summed E-state index contributed by atoms with van der Waals surface area (Å²) in [5, 5.41) is 6.22. The van der Waals surface area contributed by atoms with E-state index in [1.165, 1.54) is 0 Å². The summed E-state index contributed by atoms with van der Waals surface area (Å²) in [4.78, 5) is 12.1. The normalized spacial score (nSPS) is 17.2. The van der Waals surface area contributed by atoms with Gasteiger partial charge in [0.25, 0.3) is 5.91 Å². The monoisotopic (exact) mass is 300 g/mol. The van der Waals surface area contributed by atoms with Crippen molar-refractivity contribution in [1.82, 2.24) is 10.6 Å². The smallest absolute Gasteiger partial charge is 0.251 e. The highest BCUT2D eigenvalue weighted by Crippen LogP contribution is 2.28. The maximum absolute atomic E-state index is 12.1. The Labute approximate surface area is 125 Å². The van der Waals surface area contributed by atoms with E-state index in [2.05, 4.69) is 10.6 Å². The number of amides is 1. The zero-order chi connectivity index (χ0) is 13.7. The molecule has 1 aromatic rings. The molecule has 112 valence electrons. The highest BCUT2D eigenvalue weighted by atomic mass is 35.5. The summed E-state index contributed by atoms with van der Waals surface area (Å²) in [6.45, 7) is 4.26. The molecule has 1 saturated heterocycles. The number of halogens is 1. The molecule has 1 unspecified atom stereocenters. The third-order valence-electron chi connectivity index (χ3n) is 3.12. The predicted octanol–water partition coefficient (Wildman–Crippen LogP) is 1.61. The van der Waals surface area contributed by atoms with Gasteiger partial charge >= 0.3 is 0 Å². The Morgan fingerprint density at radius 3 is 2.85 bits per heavy atom. The summed E-state index contributed by atoms with van der Waals surface area (Å²) in [5.41, 5.74) is 0.590. The maximum atomic E-state index is 12.1. The lowest BCUT2D eigenvalue weighted by Gasteiger charge is -2.13. The van der Waals surface area contributed by atoms with Crippen LogP contribution in [-0.2, 0) is 0 Å². The van der Waals surface area contributed by atoms with Crippen LogP contribution in [0.5, 0.6) is 11.5 Å². The van der Waals surface area contributed by atoms with Crippen molar-refractivity contribution in [3.63, 3.8) is 0 Å². The van der Waals surface area contributed by atoms with E-state index in [1.807, 2.05) is 6.92 Å². The van der Waals surface area contributed by atoms with Crippen molar-refractivity contribution in [1.29, 1.82) is 0 Å². The minimum Gasteiger partial charge on any atom is -0.493 e. The van der Waals surface area contributed by atoms with Crippen molar-refractivity contribution < 1.29 is 14.3 Å². The van der Waals surface area contributed by atoms with Crippen molar-refractivity contribution in [3.05, 3.63) is 23.8 Å². The first kappa shape index (κ1) is 16.6. The maximum Gasteiger partial charge on any atom is 0.251 e. The van der Waals surface area contributed by atoms with Crippen LogP contribution >= 0.6 is 12.4 Å². The van der Waals surface area contributed by atoms with Crippen LogP contribution in [0.25, 0.3) is 0 Å². The van der Waals surface area contributed by atoms with Crippen molar-refractivity contribution >= 4 is 18.3 Å². The molecule has 0 saturated carbocycles. The predicted molar refractivity (Wildman–Crippen MR) is 80.2 cm³/mol. The number of ether oxygens (including phenoxy) is 2. The number of carbonyl (C=O) groups excluding carboxylic acids is 1. The van der Waals surface area contributed by atoms with E-state index in [4.69, 9.17) is 9.47 Å². The molecule has 20 heavy (non-hydrogen) atoms. The minimum atomic E-state index is -0.0740. The van der Waals surface area contributed by atoms with E-state index in [1.54, 1.807) is 25.3 Å². The SMILES string of the molecule is CCOc1ccc(C(=O)NC2CCNC2)cc1OC.Cl. The molecule has 0 bridgehead atoms. The number of rotatable bonds is 5. The number of hydrogen-bond donors (Lipinski definition) is 2. The van der Waals surface area contributed by atoms with E-state index < -0.39 is 0 Å². The zero-order valence-corrected chi connectivity index (χ0v) is 12.6. The molecule has 1 heterocycles. The highest BCUT2D eigenvalue weighted by Gasteiger charge is 2.18. The molecule has 1 amide bonds. The lowest BCUT2D eigenvalue weighted by Crippen LogP contribution is -2.36. The van der Waals surface area contributed by atoms with Crippen LogP contribution in [0, 0.1) is 0 Å². The molecule has 0 radical (unpaired) electrons. The second kappa shape index (κ2) is 7.97. The second-order valence-corrected chi connectivity index (χ2v) is 4.46. The molecule has 1 fully saturated rings. The fourth-order valence-corrected chi connectivity index (χ4v) is 2.13. The first-order chi connectivity index (χ1) is 9.24. The number of benzene rings is 1. The first-order valence-corrected chi connectivity index (χ1v) is 6.57. The molecule has 1 atom stereocenters. The zero-order valence-electron chi connectivity index (χ0n) is 11.8. The van der Waals surface area contributed by atoms with Crippen molar-refractivity contribution in [2.45, 2.75) is 19.4 Å². The van der Waals surface area contributed by atoms with E-state index >= 15 is 0 Å². The molecule has 2 rings (SSSR count). The van der Waals surface area contributed by atoms with Crippen LogP contribution in [0.1, 0.15) is 23.7 Å². The molecule has 1 aliphatic rings. The van der Waals surface area contributed by atoms with Crippen molar-refractivity contribution in [2.75, 3.05) is 26.8 Å². The fraction of sp³-hybridized carbons (Fsp3) is 0.500. The van der Waals surface area contributed by atoms with Crippen molar-refractivity contribution in [3.8, 4) is 11.5 Å². The Morgan fingerprint density at radius 1 is 1.45 bits per heavy atom. The van der Waals surface area contributed by atoms with Gasteiger partial charge in [-0.15, -0.1) is 12.4 Å². The summed E-state index contributed by atoms with van der Waals surface area (Å²) in [6.07, 6.45) is 0.972. The van der Waals surface area contributed by atoms with E-state index in [9.17, 15) is 4.79 Å². The van der Waals surface area contributed by atoms with E-state index in [0.717, 1.165) is 19.5 Å². The van der Waals surface area contributed by atoms with Crippen LogP contribution < -0.4 is 20.1 Å². The number of hydrogen-bond acceptors (Lipinski definition) is 4. The van der Waals surface area contributed by atoms with Crippen LogP contribution in [0.4, 0.5) is 0 Å². The Hall–Kier alpha value is -1.46. The Bertz CT molecular complexity index is 448. The quantitative estimate of drug-likeness (QED) is 0.867. The number of methoxy groups -OCH3 is 1. The molecular formula is C14H21ClN2O3. The van der Waals surface area contributed by atoms with Gasteiger partial charge in [0.1, 0.15) is 0 Å². The lowest BCUT2D eigenvalue weighted by molar-refractivity contribution is 0.0939. The van der Waals surface area contributed by atoms with Gasteiger partial charge in [-0.3, -0.25) is 4.79 Å². The Balaban J connectivity index is 0.00000200. The third kappa shape index (κ3) is 4.02. The molecule has 1 aromatic carbocycles. The second-order valence-electron chi connectivity index (χ2n) is 4.46. The molecule has 0 aromatic heterocycles. The Morgan fingerprint density at radius 2 is 2.25 bits per heavy atom. The van der Waals surface area contributed by atoms with E-state index in [0.29, 0.717) is 23.7 Å². The van der Waals surface area contributed by atoms with Crippen molar-refractivity contribution in [2.24, 2.45) is 0 Å². The minimum absolute atomic E-state index is 0. The van der Waals surface area contributed by atoms with Gasteiger partial charge in [-0.25, -0.2) is 0 Å². The van der Waals surface area contributed by atoms with Gasteiger partial charge in [0.2, 0.25) is 0 Å². The first-order valence-electron chi connectivity index (χ1n) is 6.57. The molecular weight excluding hydrogens is 280 g/mol. The highest BCUT2D eigenvalue weighted by molar-refractivity contribution is 5.95. The van der Waals surface area contributed by atoms with Crippen LogP contribution in [0.2, 0.25) is 0 Å². The van der Waals surface area contributed by atoms with Crippen LogP contribution in [-0.4, -0.2) is 38.8 Å². The van der Waals surface area contributed by atoms with Gasteiger partial charge in [0, 0.05) is 18.2 Å². The van der Waals surface area contributed by atoms with E-state index in [-0.39, 0.29) is 24.4 Å². The largest absolute Gasteiger partial charge is 0.493 e. The summed E-state index contributed by atoms with van der Waals surface area (Å²) >= 11 is 0. The molecule has 6 heteroatoms. The topological polar surface area (TPSA) is 59.6 Å². The van der Waals surface area contributed by atoms with Gasteiger partial charge in [0.05, 0.1) is 13.7 Å². The van der Waals surface area contributed by atoms with Crippen LogP contribution in [0.15, 0.2) is 18.2 Å². The van der Waals surface area contributed by atoms with Gasteiger partial charge in [0.15, 0.2) is 11.5 Å². The van der Waals surface area contributed by atoms with Gasteiger partial charge in [-0.1, -0.05) is 0 Å². The molecule has 0 aliphatic carbocycles. The van der Waals surface area contributed by atoms with Gasteiger partial charge in [-0.2, -0.15) is 0 Å². The number of carbonyl (C=O) groups is 1. The summed E-state index contributed by atoms with van der Waals surface area (Å²) in [7, 11) is 1.57. The summed E-state index contributed by atoms with van der Waals surface area (Å²) in [6, 6.07) is 5.45. The lowest BCUT2D eigenvalue weighted by atomic mass is 10.1. The number of nitrogens with one attached hydrogen (secondary N) is 2. The van der Waals surface area contributed by atoms with Gasteiger partial charge < -0.3 is 20.1 Å². The summed E-state index contributed by atoms with van der Waals surface area (Å²) < 4.78 is 10.7. The standard InChI is InChI=1S/C14H20N2O3.ClH/c1-3-19-12-5-4-10(8-13(12)18-2)14(17)16-11-6-7-15-9-11;/h4-5,8,11,15H,3,6-7,9H2,1-2H3,(H,16,17);1H. The average molecular weight is 301 g/mol.